The molecular formula is C16H18BrFO2. The monoisotopic (exact) mass is 340 g/mol. The summed E-state index contributed by atoms with van der Waals surface area (Å²) in [6.45, 7) is 1.79. The van der Waals surface area contributed by atoms with Crippen LogP contribution in [0.25, 0.3) is 0 Å². The standard InChI is InChI=1S/C16H18BrFO2/c1-2-3-16(19)20-13-7-4-11(5-8-13)12-6-9-14(17)15(18)10-12/h2-3,6,9-11,13H,4-5,7-8H2,1H3/b3-2+. The van der Waals surface area contributed by atoms with Crippen molar-refractivity contribution in [1.82, 2.24) is 0 Å². The van der Waals surface area contributed by atoms with Crippen LogP contribution in [0.5, 0.6) is 0 Å². The van der Waals surface area contributed by atoms with Gasteiger partial charge in [-0.1, -0.05) is 12.1 Å². The van der Waals surface area contributed by atoms with Crippen molar-refractivity contribution in [3.05, 3.63) is 46.2 Å². The molecule has 0 N–H and O–H groups in total. The minimum Gasteiger partial charge on any atom is -0.459 e. The molecule has 0 unspecified atom stereocenters. The highest BCUT2D eigenvalue weighted by molar-refractivity contribution is 9.10. The molecule has 1 aromatic rings. The van der Waals surface area contributed by atoms with Gasteiger partial charge in [-0.3, -0.25) is 0 Å². The minimum atomic E-state index is -0.273. The summed E-state index contributed by atoms with van der Waals surface area (Å²) in [5.41, 5.74) is 1.03. The Balaban J connectivity index is 1.90. The van der Waals surface area contributed by atoms with Crippen LogP contribution in [0.2, 0.25) is 0 Å². The smallest absolute Gasteiger partial charge is 0.330 e. The van der Waals surface area contributed by atoms with Crippen molar-refractivity contribution in [1.29, 1.82) is 0 Å². The third kappa shape index (κ3) is 3.92. The lowest BCUT2D eigenvalue weighted by Crippen LogP contribution is -2.23. The average molecular weight is 341 g/mol. The van der Waals surface area contributed by atoms with Gasteiger partial charge in [-0.15, -0.1) is 0 Å². The molecule has 0 atom stereocenters. The van der Waals surface area contributed by atoms with E-state index in [1.807, 2.05) is 6.07 Å². The molecule has 1 aliphatic rings. The van der Waals surface area contributed by atoms with E-state index in [-0.39, 0.29) is 17.9 Å². The molecule has 1 fully saturated rings. The highest BCUT2D eigenvalue weighted by Crippen LogP contribution is 2.35. The average Bonchev–Trinajstić information content (AvgIpc) is 2.43. The van der Waals surface area contributed by atoms with Gasteiger partial charge in [0, 0.05) is 6.08 Å². The molecular weight excluding hydrogens is 323 g/mol. The van der Waals surface area contributed by atoms with Crippen LogP contribution in [0.15, 0.2) is 34.8 Å². The second kappa shape index (κ2) is 7.02. The van der Waals surface area contributed by atoms with Gasteiger partial charge in [-0.2, -0.15) is 0 Å². The first-order valence-corrected chi connectivity index (χ1v) is 7.67. The van der Waals surface area contributed by atoms with Crippen LogP contribution < -0.4 is 0 Å². The summed E-state index contributed by atoms with van der Waals surface area (Å²) in [4.78, 5) is 11.4. The van der Waals surface area contributed by atoms with Crippen molar-refractivity contribution in [2.45, 2.75) is 44.6 Å². The Labute approximate surface area is 127 Å². The van der Waals surface area contributed by atoms with Crippen molar-refractivity contribution >= 4 is 21.9 Å². The number of allylic oxidation sites excluding steroid dienone is 1. The highest BCUT2D eigenvalue weighted by Gasteiger charge is 2.24. The number of rotatable bonds is 3. The Morgan fingerprint density at radius 3 is 2.65 bits per heavy atom. The summed E-state index contributed by atoms with van der Waals surface area (Å²) in [5.74, 6) is -0.135. The Kier molecular flexibility index (Phi) is 5.35. The molecule has 1 aromatic carbocycles. The maximum Gasteiger partial charge on any atom is 0.330 e. The Morgan fingerprint density at radius 2 is 2.05 bits per heavy atom. The van der Waals surface area contributed by atoms with Crippen LogP contribution in [0, 0.1) is 5.82 Å². The fourth-order valence-corrected chi connectivity index (χ4v) is 2.87. The van der Waals surface area contributed by atoms with Crippen molar-refractivity contribution in [2.24, 2.45) is 0 Å². The van der Waals surface area contributed by atoms with Crippen molar-refractivity contribution in [3.63, 3.8) is 0 Å². The highest BCUT2D eigenvalue weighted by atomic mass is 79.9. The normalized spacial score (nSPS) is 22.9. The maximum atomic E-state index is 13.5. The van der Waals surface area contributed by atoms with Crippen LogP contribution in [0.4, 0.5) is 4.39 Å². The molecule has 4 heteroatoms. The molecule has 0 aromatic heterocycles. The molecule has 20 heavy (non-hydrogen) atoms. The second-order valence-electron chi connectivity index (χ2n) is 5.08. The van der Waals surface area contributed by atoms with E-state index >= 15 is 0 Å². The first kappa shape index (κ1) is 15.2. The number of hydrogen-bond acceptors (Lipinski definition) is 2. The van der Waals surface area contributed by atoms with Crippen molar-refractivity contribution in [3.8, 4) is 0 Å². The minimum absolute atomic E-state index is 0.00440. The molecule has 0 saturated heterocycles. The lowest BCUT2D eigenvalue weighted by molar-refractivity contribution is -0.144. The van der Waals surface area contributed by atoms with Crippen molar-refractivity contribution < 1.29 is 13.9 Å². The van der Waals surface area contributed by atoms with E-state index < -0.39 is 0 Å². The Bertz CT molecular complexity index is 505. The molecule has 2 nitrogen and oxygen atoms in total. The second-order valence-corrected chi connectivity index (χ2v) is 5.94. The van der Waals surface area contributed by atoms with Gasteiger partial charge in [0.25, 0.3) is 0 Å². The predicted octanol–water partition coefficient (Wildman–Crippen LogP) is 4.73. The first-order valence-electron chi connectivity index (χ1n) is 6.88. The molecule has 0 heterocycles. The van der Waals surface area contributed by atoms with E-state index in [1.54, 1.807) is 25.1 Å². The van der Waals surface area contributed by atoms with Crippen LogP contribution in [-0.2, 0) is 9.53 Å². The number of hydrogen-bond donors (Lipinski definition) is 0. The number of halogens is 2. The number of esters is 1. The number of carbonyl (C=O) groups is 1. The molecule has 2 rings (SSSR count). The molecule has 0 spiro atoms. The summed E-state index contributed by atoms with van der Waals surface area (Å²) in [6.07, 6.45) is 6.64. The Morgan fingerprint density at radius 1 is 1.35 bits per heavy atom. The van der Waals surface area contributed by atoms with E-state index in [4.69, 9.17) is 4.74 Å². The largest absolute Gasteiger partial charge is 0.459 e. The zero-order valence-electron chi connectivity index (χ0n) is 11.4. The topological polar surface area (TPSA) is 26.3 Å². The van der Waals surface area contributed by atoms with Gasteiger partial charge in [-0.05, 0) is 72.2 Å². The molecule has 0 amide bonds. The van der Waals surface area contributed by atoms with E-state index in [0.29, 0.717) is 10.4 Å². The van der Waals surface area contributed by atoms with Crippen molar-refractivity contribution in [2.75, 3.05) is 0 Å². The van der Waals surface area contributed by atoms with Gasteiger partial charge < -0.3 is 4.74 Å². The number of ether oxygens (including phenoxy) is 1. The molecule has 108 valence electrons. The lowest BCUT2D eigenvalue weighted by atomic mass is 9.83. The van der Waals surface area contributed by atoms with Crippen LogP contribution in [-0.4, -0.2) is 12.1 Å². The van der Waals surface area contributed by atoms with Gasteiger partial charge in [0.1, 0.15) is 11.9 Å². The zero-order chi connectivity index (χ0) is 14.5. The third-order valence-electron chi connectivity index (χ3n) is 3.67. The molecule has 1 aliphatic carbocycles. The zero-order valence-corrected chi connectivity index (χ0v) is 13.0. The van der Waals surface area contributed by atoms with Gasteiger partial charge in [-0.25, -0.2) is 9.18 Å². The van der Waals surface area contributed by atoms with Crippen LogP contribution in [0.1, 0.15) is 44.1 Å². The maximum absolute atomic E-state index is 13.5. The quantitative estimate of drug-likeness (QED) is 0.587. The van der Waals surface area contributed by atoms with Gasteiger partial charge >= 0.3 is 5.97 Å². The molecule has 1 saturated carbocycles. The summed E-state index contributed by atoms with van der Waals surface area (Å²) in [5, 5.41) is 0. The van der Waals surface area contributed by atoms with E-state index in [9.17, 15) is 9.18 Å². The van der Waals surface area contributed by atoms with Crippen LogP contribution >= 0.6 is 15.9 Å². The van der Waals surface area contributed by atoms with Gasteiger partial charge in [0.05, 0.1) is 4.47 Å². The van der Waals surface area contributed by atoms with E-state index in [0.717, 1.165) is 31.2 Å². The van der Waals surface area contributed by atoms with Gasteiger partial charge in [0.2, 0.25) is 0 Å². The molecule has 0 bridgehead atoms. The number of benzene rings is 1. The molecule has 0 radical (unpaired) electrons. The number of carbonyl (C=O) groups excluding carboxylic acids is 1. The molecule has 0 aliphatic heterocycles. The fourth-order valence-electron chi connectivity index (χ4n) is 2.62. The Hall–Kier alpha value is -1.16. The summed E-state index contributed by atoms with van der Waals surface area (Å²) < 4.78 is 19.4. The van der Waals surface area contributed by atoms with Gasteiger partial charge in [0.15, 0.2) is 0 Å². The SMILES string of the molecule is C/C=C/C(=O)OC1CCC(c2ccc(Br)c(F)c2)CC1. The predicted molar refractivity (Wildman–Crippen MR) is 80.0 cm³/mol. The lowest BCUT2D eigenvalue weighted by Gasteiger charge is -2.28. The van der Waals surface area contributed by atoms with E-state index in [1.165, 1.54) is 6.08 Å². The third-order valence-corrected chi connectivity index (χ3v) is 4.32. The summed E-state index contributed by atoms with van der Waals surface area (Å²) in [7, 11) is 0. The first-order chi connectivity index (χ1) is 9.60. The fraction of sp³-hybridized carbons (Fsp3) is 0.438. The van der Waals surface area contributed by atoms with E-state index in [2.05, 4.69) is 15.9 Å². The summed E-state index contributed by atoms with van der Waals surface area (Å²) in [6, 6.07) is 5.31. The summed E-state index contributed by atoms with van der Waals surface area (Å²) >= 11 is 3.17. The van der Waals surface area contributed by atoms with Crippen LogP contribution in [0.3, 0.4) is 0 Å².